The third-order valence-corrected chi connectivity index (χ3v) is 2.56. The fourth-order valence-corrected chi connectivity index (χ4v) is 1.78. The van der Waals surface area contributed by atoms with Crippen molar-refractivity contribution in [3.05, 3.63) is 61.1 Å². The lowest BCUT2D eigenvalue weighted by Crippen LogP contribution is -2.74. The summed E-state index contributed by atoms with van der Waals surface area (Å²) in [4.78, 5) is 0. The standard InChI is InChI=1S/C14H15NO/c1-15-10-12-4-2-3-5-14(12)11-6-8-13(16)9-7-11/h2-9,16H,1,10,15H2. The summed E-state index contributed by atoms with van der Waals surface area (Å²) in [5.41, 5.74) is 3.57. The number of hydrogen-bond acceptors (Lipinski definition) is 1. The average molecular weight is 213 g/mol. The first-order chi connectivity index (χ1) is 7.81. The monoisotopic (exact) mass is 213 g/mol. The molecule has 2 heteroatoms. The van der Waals surface area contributed by atoms with Crippen molar-refractivity contribution in [2.45, 2.75) is 6.54 Å². The van der Waals surface area contributed by atoms with E-state index in [1.165, 1.54) is 11.1 Å². The molecule has 0 aliphatic heterocycles. The summed E-state index contributed by atoms with van der Waals surface area (Å²) in [6.45, 7) is 0.858. The zero-order valence-electron chi connectivity index (χ0n) is 9.06. The first-order valence-corrected chi connectivity index (χ1v) is 5.29. The fourth-order valence-electron chi connectivity index (χ4n) is 1.78. The van der Waals surface area contributed by atoms with Gasteiger partial charge in [-0.1, -0.05) is 36.4 Å². The second kappa shape index (κ2) is 4.81. The van der Waals surface area contributed by atoms with Crippen molar-refractivity contribution in [3.63, 3.8) is 0 Å². The minimum Gasteiger partial charge on any atom is -0.508 e. The van der Waals surface area contributed by atoms with Gasteiger partial charge in [-0.25, -0.2) is 0 Å². The summed E-state index contributed by atoms with van der Waals surface area (Å²) in [7, 11) is 3.76. The topological polar surface area (TPSA) is 36.8 Å². The zero-order valence-corrected chi connectivity index (χ0v) is 9.06. The van der Waals surface area contributed by atoms with E-state index in [1.807, 2.05) is 29.6 Å². The number of phenolic OH excluding ortho intramolecular Hbond substituents is 1. The van der Waals surface area contributed by atoms with Crippen LogP contribution < -0.4 is 5.32 Å². The van der Waals surface area contributed by atoms with Crippen molar-refractivity contribution >= 4 is 0 Å². The van der Waals surface area contributed by atoms with Crippen LogP contribution in [0.4, 0.5) is 0 Å². The van der Waals surface area contributed by atoms with Crippen molar-refractivity contribution in [1.29, 1.82) is 0 Å². The van der Waals surface area contributed by atoms with Gasteiger partial charge in [-0.05, 0) is 23.3 Å². The van der Waals surface area contributed by atoms with Crippen LogP contribution in [0.2, 0.25) is 0 Å². The fraction of sp³-hybridized carbons (Fsp3) is 0.0714. The third-order valence-electron chi connectivity index (χ3n) is 2.56. The van der Waals surface area contributed by atoms with Crippen molar-refractivity contribution in [1.82, 2.24) is 0 Å². The molecule has 0 aromatic heterocycles. The quantitative estimate of drug-likeness (QED) is 0.751. The van der Waals surface area contributed by atoms with Crippen molar-refractivity contribution < 1.29 is 10.4 Å². The molecule has 0 atom stereocenters. The first kappa shape index (κ1) is 10.7. The van der Waals surface area contributed by atoms with E-state index < -0.39 is 0 Å². The number of quaternary nitrogens is 1. The van der Waals surface area contributed by atoms with E-state index in [1.54, 1.807) is 12.1 Å². The smallest absolute Gasteiger partial charge is 0.115 e. The van der Waals surface area contributed by atoms with Gasteiger partial charge in [0.15, 0.2) is 0 Å². The summed E-state index contributed by atoms with van der Waals surface area (Å²) >= 11 is 0. The molecule has 0 radical (unpaired) electrons. The van der Waals surface area contributed by atoms with Gasteiger partial charge in [0.2, 0.25) is 0 Å². The van der Waals surface area contributed by atoms with E-state index in [-0.39, 0.29) is 0 Å². The Morgan fingerprint density at radius 1 is 1.00 bits per heavy atom. The maximum absolute atomic E-state index is 9.26. The van der Waals surface area contributed by atoms with Crippen molar-refractivity contribution in [3.8, 4) is 16.9 Å². The van der Waals surface area contributed by atoms with E-state index in [2.05, 4.69) is 19.2 Å². The maximum atomic E-state index is 9.26. The van der Waals surface area contributed by atoms with Gasteiger partial charge in [0, 0.05) is 5.56 Å². The van der Waals surface area contributed by atoms with Crippen molar-refractivity contribution in [2.75, 3.05) is 0 Å². The normalized spacial score (nSPS) is 10.3. The van der Waals surface area contributed by atoms with Gasteiger partial charge in [0.05, 0.1) is 6.54 Å². The second-order valence-corrected chi connectivity index (χ2v) is 3.70. The molecule has 0 fully saturated rings. The van der Waals surface area contributed by atoms with Gasteiger partial charge in [-0.3, -0.25) is 0 Å². The molecule has 0 heterocycles. The zero-order chi connectivity index (χ0) is 11.4. The van der Waals surface area contributed by atoms with Crippen LogP contribution >= 0.6 is 0 Å². The summed E-state index contributed by atoms with van der Waals surface area (Å²) in [6, 6.07) is 15.5. The van der Waals surface area contributed by atoms with Gasteiger partial charge in [0.1, 0.15) is 5.75 Å². The summed E-state index contributed by atoms with van der Waals surface area (Å²) in [5.74, 6) is 0.296. The number of nitrogens with two attached hydrogens (primary N) is 1. The molecule has 3 N–H and O–H groups in total. The first-order valence-electron chi connectivity index (χ1n) is 5.29. The minimum atomic E-state index is 0.296. The summed E-state index contributed by atoms with van der Waals surface area (Å²) < 4.78 is 0. The van der Waals surface area contributed by atoms with Crippen LogP contribution in [-0.4, -0.2) is 5.11 Å². The van der Waals surface area contributed by atoms with Crippen LogP contribution in [-0.2, 0) is 6.54 Å². The van der Waals surface area contributed by atoms with Gasteiger partial charge in [0.25, 0.3) is 0 Å². The van der Waals surface area contributed by atoms with Crippen LogP contribution in [0.3, 0.4) is 0 Å². The predicted octanol–water partition coefficient (Wildman–Crippen LogP) is 1.91. The predicted molar refractivity (Wildman–Crippen MR) is 64.5 cm³/mol. The molecular formula is C14H15NO. The number of benzene rings is 2. The number of hydrogen-bond donors (Lipinski definition) is 2. The number of phenols is 1. The van der Waals surface area contributed by atoms with E-state index in [0.717, 1.165) is 12.1 Å². The van der Waals surface area contributed by atoms with Crippen LogP contribution in [0.5, 0.6) is 5.75 Å². The highest BCUT2D eigenvalue weighted by atomic mass is 16.3. The minimum absolute atomic E-state index is 0.296. The SMILES string of the molecule is [CH2-][NH2+]Cc1ccccc1-c1ccc(O)cc1. The molecule has 0 saturated carbocycles. The van der Waals surface area contributed by atoms with Crippen LogP contribution in [0, 0.1) is 7.05 Å². The Labute approximate surface area is 95.6 Å². The highest BCUT2D eigenvalue weighted by molar-refractivity contribution is 5.67. The Hall–Kier alpha value is -1.80. The Kier molecular flexibility index (Phi) is 3.22. The van der Waals surface area contributed by atoms with Gasteiger partial charge < -0.3 is 10.4 Å². The Morgan fingerprint density at radius 3 is 2.38 bits per heavy atom. The van der Waals surface area contributed by atoms with Gasteiger partial charge >= 0.3 is 0 Å². The molecular weight excluding hydrogens is 198 g/mol. The van der Waals surface area contributed by atoms with Crippen LogP contribution in [0.1, 0.15) is 5.56 Å². The Balaban J connectivity index is 2.42. The average Bonchev–Trinajstić information content (AvgIpc) is 2.32. The molecule has 0 aliphatic rings. The summed E-state index contributed by atoms with van der Waals surface area (Å²) in [6.07, 6.45) is 0. The molecule has 16 heavy (non-hydrogen) atoms. The second-order valence-electron chi connectivity index (χ2n) is 3.70. The van der Waals surface area contributed by atoms with Crippen LogP contribution in [0.15, 0.2) is 48.5 Å². The number of rotatable bonds is 3. The lowest BCUT2D eigenvalue weighted by molar-refractivity contribution is -0.612. The molecule has 0 bridgehead atoms. The Bertz CT molecular complexity index is 462. The molecule has 0 unspecified atom stereocenters. The molecule has 0 saturated heterocycles. The maximum Gasteiger partial charge on any atom is 0.115 e. The molecule has 0 spiro atoms. The lowest BCUT2D eigenvalue weighted by Gasteiger charge is -2.09. The van der Waals surface area contributed by atoms with Crippen molar-refractivity contribution in [2.24, 2.45) is 0 Å². The summed E-state index contributed by atoms with van der Waals surface area (Å²) in [5, 5.41) is 11.2. The van der Waals surface area contributed by atoms with Gasteiger partial charge in [-0.2, -0.15) is 7.05 Å². The molecule has 2 aromatic carbocycles. The molecule has 0 amide bonds. The van der Waals surface area contributed by atoms with E-state index in [9.17, 15) is 5.11 Å². The Morgan fingerprint density at radius 2 is 1.69 bits per heavy atom. The van der Waals surface area contributed by atoms with E-state index in [0.29, 0.717) is 5.75 Å². The van der Waals surface area contributed by atoms with E-state index in [4.69, 9.17) is 0 Å². The molecule has 2 aromatic rings. The molecule has 0 aliphatic carbocycles. The van der Waals surface area contributed by atoms with E-state index >= 15 is 0 Å². The van der Waals surface area contributed by atoms with Crippen LogP contribution in [0.25, 0.3) is 11.1 Å². The molecule has 2 nitrogen and oxygen atoms in total. The lowest BCUT2D eigenvalue weighted by atomic mass is 10.00. The molecule has 82 valence electrons. The highest BCUT2D eigenvalue weighted by Gasteiger charge is 2.03. The number of aromatic hydroxyl groups is 1. The third kappa shape index (κ3) is 2.23. The largest absolute Gasteiger partial charge is 0.508 e. The van der Waals surface area contributed by atoms with Gasteiger partial charge in [-0.15, -0.1) is 0 Å². The highest BCUT2D eigenvalue weighted by Crippen LogP contribution is 2.24. The molecule has 2 rings (SSSR count).